The fourth-order valence-electron chi connectivity index (χ4n) is 5.44. The summed E-state index contributed by atoms with van der Waals surface area (Å²) in [6.07, 6.45) is 1.55. The van der Waals surface area contributed by atoms with Gasteiger partial charge in [-0.15, -0.1) is 11.8 Å². The van der Waals surface area contributed by atoms with Crippen molar-refractivity contribution in [3.05, 3.63) is 125 Å². The Morgan fingerprint density at radius 2 is 1.49 bits per heavy atom. The average molecular weight is 536 g/mol. The molecule has 1 atom stereocenters. The van der Waals surface area contributed by atoms with E-state index in [0.29, 0.717) is 19.8 Å². The predicted molar refractivity (Wildman–Crippen MR) is 158 cm³/mol. The number of rotatable bonds is 9. The molecule has 2 aliphatic rings. The van der Waals surface area contributed by atoms with Gasteiger partial charge in [0, 0.05) is 36.7 Å². The van der Waals surface area contributed by atoms with E-state index < -0.39 is 0 Å². The number of pyridine rings is 1. The molecule has 0 saturated carbocycles. The molecule has 39 heavy (non-hydrogen) atoms. The van der Waals surface area contributed by atoms with Gasteiger partial charge in [0.2, 0.25) is 0 Å². The number of aromatic nitrogens is 1. The maximum Gasteiger partial charge on any atom is 0.256 e. The number of nitrogens with zero attached hydrogens (tertiary/aromatic N) is 3. The van der Waals surface area contributed by atoms with E-state index in [0.717, 1.165) is 54.3 Å². The number of hydrogen-bond donors (Lipinski definition) is 0. The Kier molecular flexibility index (Phi) is 7.93. The lowest BCUT2D eigenvalue weighted by Crippen LogP contribution is -2.37. The molecule has 1 saturated heterocycles. The quantitative estimate of drug-likeness (QED) is 0.245. The van der Waals surface area contributed by atoms with Crippen LogP contribution in [0.2, 0.25) is 0 Å². The highest BCUT2D eigenvalue weighted by Crippen LogP contribution is 2.39. The zero-order valence-corrected chi connectivity index (χ0v) is 22.9. The van der Waals surface area contributed by atoms with Crippen molar-refractivity contribution in [2.24, 2.45) is 0 Å². The lowest BCUT2D eigenvalue weighted by Gasteiger charge is -2.30. The largest absolute Gasteiger partial charge is 0.378 e. The van der Waals surface area contributed by atoms with Crippen LogP contribution in [0.4, 0.5) is 5.69 Å². The third-order valence-electron chi connectivity index (χ3n) is 7.49. The van der Waals surface area contributed by atoms with Crippen molar-refractivity contribution >= 4 is 23.4 Å². The summed E-state index contributed by atoms with van der Waals surface area (Å²) in [4.78, 5) is 24.9. The number of anilines is 1. The normalized spacial score (nSPS) is 16.9. The summed E-state index contributed by atoms with van der Waals surface area (Å²) in [5.41, 5.74) is 6.23. The first-order valence-corrected chi connectivity index (χ1v) is 14.7. The van der Waals surface area contributed by atoms with Crippen molar-refractivity contribution in [3.63, 3.8) is 0 Å². The molecule has 0 spiro atoms. The van der Waals surface area contributed by atoms with Gasteiger partial charge < -0.3 is 14.5 Å². The number of carbonyl (C=O) groups excluding carboxylic acids is 1. The standard InChI is InChI=1S/C33H33N3O2S/c37-33-28-23-30(35-18-20-38-21-19-35)29(22-26-12-6-2-7-13-26)34-32(28)31(24-39-27-14-8-3-9-15-27)36(33)17-16-25-10-4-1-5-11-25/h1-15,23,31H,16-22,24H2. The molecule has 0 N–H and O–H groups in total. The number of carbonyl (C=O) groups is 1. The molecule has 198 valence electrons. The molecule has 1 aromatic heterocycles. The van der Waals surface area contributed by atoms with E-state index in [4.69, 9.17) is 9.72 Å². The van der Waals surface area contributed by atoms with Crippen LogP contribution >= 0.6 is 11.8 Å². The van der Waals surface area contributed by atoms with Crippen molar-refractivity contribution in [1.82, 2.24) is 9.88 Å². The molecule has 6 rings (SSSR count). The second-order valence-electron chi connectivity index (χ2n) is 10.0. The smallest absolute Gasteiger partial charge is 0.256 e. The van der Waals surface area contributed by atoms with E-state index >= 15 is 0 Å². The second kappa shape index (κ2) is 12.1. The number of fused-ring (bicyclic) bond motifs is 1. The molecule has 5 nitrogen and oxygen atoms in total. The number of amides is 1. The Balaban J connectivity index is 1.36. The topological polar surface area (TPSA) is 45.7 Å². The van der Waals surface area contributed by atoms with Gasteiger partial charge in [-0.3, -0.25) is 9.78 Å². The third kappa shape index (κ3) is 5.87. The van der Waals surface area contributed by atoms with Crippen molar-refractivity contribution in [3.8, 4) is 0 Å². The lowest BCUT2D eigenvalue weighted by atomic mass is 10.0. The van der Waals surface area contributed by atoms with Crippen LogP contribution in [0, 0.1) is 0 Å². The van der Waals surface area contributed by atoms with Crippen LogP contribution in [0.3, 0.4) is 0 Å². The summed E-state index contributed by atoms with van der Waals surface area (Å²) in [6, 6.07) is 33.4. The first-order chi connectivity index (χ1) is 19.3. The van der Waals surface area contributed by atoms with Crippen LogP contribution in [-0.2, 0) is 17.6 Å². The fourth-order valence-corrected chi connectivity index (χ4v) is 6.47. The Hall–Kier alpha value is -3.61. The SMILES string of the molecule is O=C1c2cc(N3CCOCC3)c(Cc3ccccc3)nc2C(CSc2ccccc2)N1CCc1ccccc1. The molecule has 1 amide bonds. The van der Waals surface area contributed by atoms with Gasteiger partial charge in [-0.2, -0.15) is 0 Å². The highest BCUT2D eigenvalue weighted by molar-refractivity contribution is 7.99. The number of ether oxygens (including phenoxy) is 1. The zero-order chi connectivity index (χ0) is 26.4. The molecule has 2 aliphatic heterocycles. The van der Waals surface area contributed by atoms with Crippen molar-refractivity contribution < 1.29 is 9.53 Å². The van der Waals surface area contributed by atoms with Crippen LogP contribution in [0.25, 0.3) is 0 Å². The molecule has 3 heterocycles. The van der Waals surface area contributed by atoms with Crippen LogP contribution in [0.1, 0.15) is 38.9 Å². The minimum absolute atomic E-state index is 0.0744. The highest BCUT2D eigenvalue weighted by Gasteiger charge is 2.39. The van der Waals surface area contributed by atoms with Gasteiger partial charge in [0.05, 0.1) is 41.9 Å². The Labute approximate surface area is 234 Å². The monoisotopic (exact) mass is 535 g/mol. The molecule has 0 aliphatic carbocycles. The first-order valence-electron chi connectivity index (χ1n) is 13.7. The van der Waals surface area contributed by atoms with Gasteiger partial charge in [-0.05, 0) is 35.7 Å². The number of morpholine rings is 1. The number of thioether (sulfide) groups is 1. The molecule has 3 aromatic carbocycles. The number of hydrogen-bond acceptors (Lipinski definition) is 5. The molecule has 1 fully saturated rings. The van der Waals surface area contributed by atoms with Gasteiger partial charge >= 0.3 is 0 Å². The molecule has 0 radical (unpaired) electrons. The minimum Gasteiger partial charge on any atom is -0.378 e. The summed E-state index contributed by atoms with van der Waals surface area (Å²) in [7, 11) is 0. The van der Waals surface area contributed by atoms with Crippen LogP contribution < -0.4 is 4.90 Å². The fraction of sp³-hybridized carbons (Fsp3) is 0.273. The summed E-state index contributed by atoms with van der Waals surface area (Å²) in [5, 5.41) is 0. The van der Waals surface area contributed by atoms with Gasteiger partial charge in [0.1, 0.15) is 0 Å². The maximum absolute atomic E-state index is 14.0. The molecule has 4 aromatic rings. The summed E-state index contributed by atoms with van der Waals surface area (Å²) < 4.78 is 5.64. The number of benzene rings is 3. The average Bonchev–Trinajstić information content (AvgIpc) is 3.26. The van der Waals surface area contributed by atoms with Gasteiger partial charge in [0.15, 0.2) is 0 Å². The molecule has 6 heteroatoms. The summed E-state index contributed by atoms with van der Waals surface area (Å²) >= 11 is 1.79. The van der Waals surface area contributed by atoms with Crippen molar-refractivity contribution in [1.29, 1.82) is 0 Å². The van der Waals surface area contributed by atoms with E-state index in [1.54, 1.807) is 11.8 Å². The molecular weight excluding hydrogens is 502 g/mol. The van der Waals surface area contributed by atoms with Crippen LogP contribution in [0.5, 0.6) is 0 Å². The zero-order valence-electron chi connectivity index (χ0n) is 22.0. The second-order valence-corrected chi connectivity index (χ2v) is 11.1. The van der Waals surface area contributed by atoms with Crippen LogP contribution in [0.15, 0.2) is 102 Å². The predicted octanol–water partition coefficient (Wildman–Crippen LogP) is 6.04. The maximum atomic E-state index is 14.0. The first kappa shape index (κ1) is 25.7. The van der Waals surface area contributed by atoms with Gasteiger partial charge in [-0.25, -0.2) is 0 Å². The van der Waals surface area contributed by atoms with E-state index in [1.807, 2.05) is 18.2 Å². The molecular formula is C33H33N3O2S. The van der Waals surface area contributed by atoms with E-state index in [-0.39, 0.29) is 11.9 Å². The van der Waals surface area contributed by atoms with E-state index in [2.05, 4.69) is 88.7 Å². The Morgan fingerprint density at radius 1 is 0.846 bits per heavy atom. The highest BCUT2D eigenvalue weighted by atomic mass is 32.2. The molecule has 0 bridgehead atoms. The van der Waals surface area contributed by atoms with E-state index in [1.165, 1.54) is 16.0 Å². The Bertz CT molecular complexity index is 1390. The van der Waals surface area contributed by atoms with Crippen molar-refractivity contribution in [2.75, 3.05) is 43.5 Å². The summed E-state index contributed by atoms with van der Waals surface area (Å²) in [6.45, 7) is 3.66. The lowest BCUT2D eigenvalue weighted by molar-refractivity contribution is 0.0741. The van der Waals surface area contributed by atoms with Crippen molar-refractivity contribution in [2.45, 2.75) is 23.8 Å². The minimum atomic E-state index is -0.0744. The van der Waals surface area contributed by atoms with Gasteiger partial charge in [-0.1, -0.05) is 78.9 Å². The van der Waals surface area contributed by atoms with Gasteiger partial charge in [0.25, 0.3) is 5.91 Å². The third-order valence-corrected chi connectivity index (χ3v) is 8.58. The van der Waals surface area contributed by atoms with E-state index in [9.17, 15) is 4.79 Å². The molecule has 1 unspecified atom stereocenters. The Morgan fingerprint density at radius 3 is 2.18 bits per heavy atom. The van der Waals surface area contributed by atoms with Crippen LogP contribution in [-0.4, -0.2) is 54.4 Å². The summed E-state index contributed by atoms with van der Waals surface area (Å²) in [5.74, 6) is 0.861.